The molecule has 0 rings (SSSR count). The van der Waals surface area contributed by atoms with Crippen molar-refractivity contribution in [3.8, 4) is 0 Å². The molecule has 0 spiro atoms. The number of ether oxygens (including phenoxy) is 2. The van der Waals surface area contributed by atoms with E-state index >= 15 is 0 Å². The third-order valence-electron chi connectivity index (χ3n) is 1.17. The molecule has 0 aromatic carbocycles. The van der Waals surface area contributed by atoms with Crippen molar-refractivity contribution in [2.75, 3.05) is 19.8 Å². The largest absolute Gasteiger partial charge is 0.478 e. The number of amides is 1. The lowest BCUT2D eigenvalue weighted by Gasteiger charge is -1.96. The number of nitrogens with two attached hydrogens (primary N) is 1. The van der Waals surface area contributed by atoms with Crippen molar-refractivity contribution in [1.29, 1.82) is 0 Å². The van der Waals surface area contributed by atoms with Crippen LogP contribution in [0.5, 0.6) is 0 Å². The second-order valence-electron chi connectivity index (χ2n) is 2.74. The van der Waals surface area contributed by atoms with Crippen molar-refractivity contribution in [3.63, 3.8) is 0 Å². The third-order valence-corrected chi connectivity index (χ3v) is 1.17. The summed E-state index contributed by atoms with van der Waals surface area (Å²) in [6, 6.07) is 0. The fourth-order valence-electron chi connectivity index (χ4n) is 0.438. The summed E-state index contributed by atoms with van der Waals surface area (Å²) >= 11 is 0. The molecule has 0 heterocycles. The summed E-state index contributed by atoms with van der Waals surface area (Å²) in [4.78, 5) is 29.1. The van der Waals surface area contributed by atoms with E-state index in [0.29, 0.717) is 13.0 Å². The summed E-state index contributed by atoms with van der Waals surface area (Å²) in [5.41, 5.74) is 4.54. The number of primary amides is 1. The SMILES string of the molecule is C=CC(=O)O.C=CC(=O)OCCCO.CCOC(N)=O. The standard InChI is InChI=1S/C6H10O3.C3H7NO2.C3H4O2/c1-2-6(8)9-5-3-4-7;1-2-6-3(4)5;1-2-3(4)5/h2,7H,1,3-5H2;2H2,1H3,(H2,4,5);2H,1H2,(H,4,5). The van der Waals surface area contributed by atoms with Gasteiger partial charge in [-0.05, 0) is 6.92 Å². The lowest BCUT2D eigenvalue weighted by Crippen LogP contribution is -2.11. The third kappa shape index (κ3) is 36.1. The molecule has 0 fully saturated rings. The fraction of sp³-hybridized carbons (Fsp3) is 0.417. The first-order chi connectivity index (χ1) is 9.35. The summed E-state index contributed by atoms with van der Waals surface area (Å²) in [5.74, 6) is -1.42. The number of aliphatic carboxylic acids is 1. The zero-order chi connectivity index (χ0) is 16.4. The number of hydrogen-bond acceptors (Lipinski definition) is 6. The normalized spacial score (nSPS) is 7.70. The number of aliphatic hydroxyl groups excluding tert-OH is 1. The summed E-state index contributed by atoms with van der Waals surface area (Å²) < 4.78 is 8.70. The summed E-state index contributed by atoms with van der Waals surface area (Å²) in [6.45, 7) is 8.53. The van der Waals surface area contributed by atoms with Gasteiger partial charge in [-0.25, -0.2) is 14.4 Å². The number of carboxylic acid groups (broad SMARTS) is 1. The number of esters is 1. The van der Waals surface area contributed by atoms with Gasteiger partial charge in [0.1, 0.15) is 0 Å². The molecule has 4 N–H and O–H groups in total. The van der Waals surface area contributed by atoms with Crippen LogP contribution in [0.25, 0.3) is 0 Å². The number of carboxylic acids is 1. The molecule has 0 unspecified atom stereocenters. The van der Waals surface area contributed by atoms with Gasteiger partial charge in [-0.2, -0.15) is 0 Å². The average Bonchev–Trinajstić information content (AvgIpc) is 2.40. The molecule has 0 aromatic heterocycles. The van der Waals surface area contributed by atoms with Crippen LogP contribution in [0.3, 0.4) is 0 Å². The van der Waals surface area contributed by atoms with E-state index in [1.165, 1.54) is 0 Å². The Labute approximate surface area is 117 Å². The summed E-state index contributed by atoms with van der Waals surface area (Å²) in [6.07, 6.45) is 1.70. The molecule has 0 aliphatic rings. The molecule has 8 heteroatoms. The quantitative estimate of drug-likeness (QED) is 0.367. The van der Waals surface area contributed by atoms with E-state index in [1.54, 1.807) is 6.92 Å². The van der Waals surface area contributed by atoms with E-state index in [-0.39, 0.29) is 13.2 Å². The van der Waals surface area contributed by atoms with Crippen LogP contribution in [0, 0.1) is 0 Å². The Morgan fingerprint density at radius 2 is 1.70 bits per heavy atom. The van der Waals surface area contributed by atoms with Gasteiger partial charge in [0.25, 0.3) is 0 Å². The van der Waals surface area contributed by atoms with Gasteiger partial charge in [0, 0.05) is 25.2 Å². The van der Waals surface area contributed by atoms with Crippen molar-refractivity contribution in [2.45, 2.75) is 13.3 Å². The second-order valence-corrected chi connectivity index (χ2v) is 2.74. The maximum atomic E-state index is 10.3. The van der Waals surface area contributed by atoms with Crippen LogP contribution in [-0.4, -0.2) is 48.1 Å². The van der Waals surface area contributed by atoms with Gasteiger partial charge in [-0.1, -0.05) is 13.2 Å². The molecule has 0 aromatic rings. The molecule has 0 bridgehead atoms. The molecule has 0 atom stereocenters. The Morgan fingerprint density at radius 3 is 1.90 bits per heavy atom. The first kappa shape index (κ1) is 22.8. The number of aliphatic hydroxyl groups is 1. The maximum absolute atomic E-state index is 10.3. The van der Waals surface area contributed by atoms with E-state index in [0.717, 1.165) is 12.2 Å². The Bertz CT molecular complexity index is 302. The zero-order valence-electron chi connectivity index (χ0n) is 11.4. The first-order valence-corrected chi connectivity index (χ1v) is 5.53. The molecular weight excluding hydrogens is 270 g/mol. The molecule has 0 radical (unpaired) electrons. The van der Waals surface area contributed by atoms with Crippen LogP contribution in [0.4, 0.5) is 4.79 Å². The van der Waals surface area contributed by atoms with Gasteiger partial charge in [0.05, 0.1) is 13.2 Å². The van der Waals surface area contributed by atoms with Gasteiger partial charge >= 0.3 is 18.0 Å². The van der Waals surface area contributed by atoms with Gasteiger partial charge in [0.15, 0.2) is 0 Å². The molecular formula is C12H21NO7. The number of carbonyl (C=O) groups is 3. The van der Waals surface area contributed by atoms with Gasteiger partial charge in [-0.3, -0.25) is 0 Å². The summed E-state index contributed by atoms with van der Waals surface area (Å²) in [5, 5.41) is 15.8. The van der Waals surface area contributed by atoms with Gasteiger partial charge in [-0.15, -0.1) is 0 Å². The molecule has 116 valence electrons. The molecule has 0 aliphatic carbocycles. The van der Waals surface area contributed by atoms with Crippen molar-refractivity contribution in [2.24, 2.45) is 5.73 Å². The van der Waals surface area contributed by atoms with Gasteiger partial charge < -0.3 is 25.4 Å². The Hall–Kier alpha value is -2.35. The monoisotopic (exact) mass is 291 g/mol. The van der Waals surface area contributed by atoms with Crippen molar-refractivity contribution >= 4 is 18.0 Å². The molecule has 1 amide bonds. The van der Waals surface area contributed by atoms with Crippen LogP contribution >= 0.6 is 0 Å². The van der Waals surface area contributed by atoms with E-state index in [2.05, 4.69) is 28.4 Å². The Balaban J connectivity index is -0.000000230. The average molecular weight is 291 g/mol. The minimum Gasteiger partial charge on any atom is -0.478 e. The maximum Gasteiger partial charge on any atom is 0.404 e. The van der Waals surface area contributed by atoms with Gasteiger partial charge in [0.2, 0.25) is 0 Å². The van der Waals surface area contributed by atoms with Crippen molar-refractivity contribution in [3.05, 3.63) is 25.3 Å². The highest BCUT2D eigenvalue weighted by molar-refractivity contribution is 5.81. The topological polar surface area (TPSA) is 136 Å². The highest BCUT2D eigenvalue weighted by Crippen LogP contribution is 1.82. The molecule has 0 aliphatic heterocycles. The number of carbonyl (C=O) groups excluding carboxylic acids is 2. The van der Waals surface area contributed by atoms with E-state index in [9.17, 15) is 14.4 Å². The van der Waals surface area contributed by atoms with E-state index in [4.69, 9.17) is 10.2 Å². The highest BCUT2D eigenvalue weighted by Gasteiger charge is 1.91. The van der Waals surface area contributed by atoms with Crippen LogP contribution in [0.15, 0.2) is 25.3 Å². The zero-order valence-corrected chi connectivity index (χ0v) is 11.4. The lowest BCUT2D eigenvalue weighted by atomic mass is 10.5. The smallest absolute Gasteiger partial charge is 0.404 e. The number of hydrogen-bond donors (Lipinski definition) is 3. The van der Waals surface area contributed by atoms with Crippen LogP contribution in [-0.2, 0) is 19.1 Å². The predicted octanol–water partition coefficient (Wildman–Crippen LogP) is 0.457. The van der Waals surface area contributed by atoms with Crippen molar-refractivity contribution < 1.29 is 34.1 Å². The van der Waals surface area contributed by atoms with E-state index in [1.807, 2.05) is 0 Å². The molecule has 0 saturated carbocycles. The lowest BCUT2D eigenvalue weighted by molar-refractivity contribution is -0.138. The van der Waals surface area contributed by atoms with Crippen molar-refractivity contribution in [1.82, 2.24) is 0 Å². The van der Waals surface area contributed by atoms with E-state index < -0.39 is 18.0 Å². The fourth-order valence-corrected chi connectivity index (χ4v) is 0.438. The number of rotatable bonds is 6. The second kappa shape index (κ2) is 19.0. The molecule has 0 saturated heterocycles. The Kier molecular flexibility index (Phi) is 21.7. The van der Waals surface area contributed by atoms with Crippen LogP contribution in [0.1, 0.15) is 13.3 Å². The highest BCUT2D eigenvalue weighted by atomic mass is 16.5. The minimum absolute atomic E-state index is 0.0461. The first-order valence-electron chi connectivity index (χ1n) is 5.53. The minimum atomic E-state index is -0.981. The van der Waals surface area contributed by atoms with Crippen LogP contribution < -0.4 is 5.73 Å². The summed E-state index contributed by atoms with van der Waals surface area (Å²) in [7, 11) is 0. The van der Waals surface area contributed by atoms with Crippen LogP contribution in [0.2, 0.25) is 0 Å². The molecule has 20 heavy (non-hydrogen) atoms. The molecule has 8 nitrogen and oxygen atoms in total. The Morgan fingerprint density at radius 1 is 1.20 bits per heavy atom. The predicted molar refractivity (Wildman–Crippen MR) is 71.9 cm³/mol.